The molecule has 2 heteroatoms. The molecule has 15 heavy (non-hydrogen) atoms. The van der Waals surface area contributed by atoms with Crippen LogP contribution in [-0.4, -0.2) is 7.11 Å². The van der Waals surface area contributed by atoms with E-state index in [-0.39, 0.29) is 0 Å². The van der Waals surface area contributed by atoms with Crippen LogP contribution in [0, 0.1) is 6.07 Å². The maximum Gasteiger partial charge on any atom is 0.119 e. The van der Waals surface area contributed by atoms with Gasteiger partial charge in [0.05, 0.1) is 7.11 Å². The Balaban J connectivity index is 2.40. The largest absolute Gasteiger partial charge is 0.497 e. The summed E-state index contributed by atoms with van der Waals surface area (Å²) in [6.07, 6.45) is 0. The molecule has 0 aliphatic heterocycles. The normalized spacial score (nSPS) is 10.0. The fourth-order valence-electron chi connectivity index (χ4n) is 1.39. The molecule has 0 aromatic heterocycles. The fraction of sp³-hybridized carbons (Fsp3) is 0.0769. The van der Waals surface area contributed by atoms with E-state index in [0.29, 0.717) is 0 Å². The quantitative estimate of drug-likeness (QED) is 0.796. The highest BCUT2D eigenvalue weighted by Gasteiger charge is 1.98. The highest BCUT2D eigenvalue weighted by Crippen LogP contribution is 2.24. The molecule has 2 rings (SSSR count). The standard InChI is InChI=1S/C13H10BrO/c1-15-13-4-2-3-11(9-13)10-5-7-12(14)8-6-10/h2-7,9H,1H3. The zero-order valence-electron chi connectivity index (χ0n) is 8.33. The Morgan fingerprint density at radius 2 is 2.00 bits per heavy atom. The number of hydrogen-bond acceptors (Lipinski definition) is 1. The zero-order chi connectivity index (χ0) is 10.7. The van der Waals surface area contributed by atoms with Crippen LogP contribution in [0.15, 0.2) is 46.9 Å². The van der Waals surface area contributed by atoms with Crippen LogP contribution in [-0.2, 0) is 0 Å². The van der Waals surface area contributed by atoms with Crippen LogP contribution < -0.4 is 4.74 Å². The van der Waals surface area contributed by atoms with Crippen molar-refractivity contribution in [2.24, 2.45) is 0 Å². The van der Waals surface area contributed by atoms with Gasteiger partial charge < -0.3 is 4.74 Å². The zero-order valence-corrected chi connectivity index (χ0v) is 9.91. The molecule has 1 radical (unpaired) electrons. The van der Waals surface area contributed by atoms with Crippen LogP contribution in [0.1, 0.15) is 0 Å². The molecular weight excluding hydrogens is 252 g/mol. The van der Waals surface area contributed by atoms with Crippen molar-refractivity contribution in [1.29, 1.82) is 0 Å². The van der Waals surface area contributed by atoms with E-state index in [0.717, 1.165) is 21.3 Å². The third-order valence-corrected chi connectivity index (χ3v) is 2.67. The van der Waals surface area contributed by atoms with E-state index in [2.05, 4.69) is 34.1 Å². The maximum atomic E-state index is 5.18. The van der Waals surface area contributed by atoms with Gasteiger partial charge in [0.1, 0.15) is 5.75 Å². The first-order chi connectivity index (χ1) is 7.29. The lowest BCUT2D eigenvalue weighted by Gasteiger charge is -2.04. The number of halogens is 1. The molecule has 0 unspecified atom stereocenters. The van der Waals surface area contributed by atoms with E-state index in [1.165, 1.54) is 0 Å². The van der Waals surface area contributed by atoms with Gasteiger partial charge in [-0.15, -0.1) is 0 Å². The third-order valence-electron chi connectivity index (χ3n) is 2.18. The average molecular weight is 262 g/mol. The van der Waals surface area contributed by atoms with Gasteiger partial charge in [-0.05, 0) is 41.5 Å². The summed E-state index contributed by atoms with van der Waals surface area (Å²) in [6, 6.07) is 17.1. The van der Waals surface area contributed by atoms with Crippen molar-refractivity contribution in [2.75, 3.05) is 7.11 Å². The van der Waals surface area contributed by atoms with Crippen LogP contribution in [0.25, 0.3) is 11.1 Å². The summed E-state index contributed by atoms with van der Waals surface area (Å²) in [5, 5.41) is 0. The second-order valence-corrected chi connectivity index (χ2v) is 4.01. The smallest absolute Gasteiger partial charge is 0.119 e. The van der Waals surface area contributed by atoms with E-state index >= 15 is 0 Å². The molecular formula is C13H10BrO. The topological polar surface area (TPSA) is 9.23 Å². The summed E-state index contributed by atoms with van der Waals surface area (Å²) in [4.78, 5) is 0. The molecule has 2 aromatic carbocycles. The summed E-state index contributed by atoms with van der Waals surface area (Å²) in [5.41, 5.74) is 2.27. The van der Waals surface area contributed by atoms with Gasteiger partial charge in [-0.2, -0.15) is 0 Å². The second kappa shape index (κ2) is 4.49. The van der Waals surface area contributed by atoms with Crippen molar-refractivity contribution in [3.63, 3.8) is 0 Å². The van der Waals surface area contributed by atoms with Gasteiger partial charge in [0.25, 0.3) is 0 Å². The van der Waals surface area contributed by atoms with Crippen molar-refractivity contribution < 1.29 is 4.74 Å². The minimum atomic E-state index is 0.871. The molecule has 2 aromatic rings. The summed E-state index contributed by atoms with van der Waals surface area (Å²) in [6.45, 7) is 0. The van der Waals surface area contributed by atoms with Crippen molar-refractivity contribution in [3.05, 3.63) is 53.0 Å². The maximum absolute atomic E-state index is 5.18. The Hall–Kier alpha value is -1.28. The second-order valence-electron chi connectivity index (χ2n) is 3.16. The van der Waals surface area contributed by atoms with E-state index in [9.17, 15) is 0 Å². The number of methoxy groups -OCH3 is 1. The number of rotatable bonds is 2. The molecule has 0 N–H and O–H groups in total. The first-order valence-electron chi connectivity index (χ1n) is 4.61. The molecule has 0 atom stereocenters. The Labute approximate surface area is 97.8 Å². The first-order valence-corrected chi connectivity index (χ1v) is 5.40. The molecule has 75 valence electrons. The molecule has 1 nitrogen and oxygen atoms in total. The van der Waals surface area contributed by atoms with E-state index in [1.807, 2.05) is 30.3 Å². The molecule has 0 aliphatic rings. The van der Waals surface area contributed by atoms with Crippen LogP contribution in [0.2, 0.25) is 0 Å². The summed E-state index contributed by atoms with van der Waals surface area (Å²) in [5.74, 6) is 0.871. The minimum Gasteiger partial charge on any atom is -0.497 e. The minimum absolute atomic E-state index is 0.871. The van der Waals surface area contributed by atoms with Crippen LogP contribution in [0.3, 0.4) is 0 Å². The van der Waals surface area contributed by atoms with Crippen molar-refractivity contribution in [1.82, 2.24) is 0 Å². The molecule has 0 spiro atoms. The lowest BCUT2D eigenvalue weighted by molar-refractivity contribution is 0.415. The molecule has 0 bridgehead atoms. The third kappa shape index (κ3) is 2.39. The fourth-order valence-corrected chi connectivity index (χ4v) is 1.63. The van der Waals surface area contributed by atoms with E-state index in [1.54, 1.807) is 7.11 Å². The lowest BCUT2D eigenvalue weighted by atomic mass is 10.1. The summed E-state index contributed by atoms with van der Waals surface area (Å²) >= 11 is 3.37. The monoisotopic (exact) mass is 261 g/mol. The highest BCUT2D eigenvalue weighted by molar-refractivity contribution is 9.10. The van der Waals surface area contributed by atoms with Gasteiger partial charge in [-0.1, -0.05) is 34.1 Å². The SMILES string of the molecule is COc1cccc(-c2c[c]c(Br)cc2)c1. The van der Waals surface area contributed by atoms with Crippen LogP contribution in [0.5, 0.6) is 5.75 Å². The Morgan fingerprint density at radius 1 is 1.13 bits per heavy atom. The molecule has 0 saturated carbocycles. The first kappa shape index (κ1) is 10.2. The van der Waals surface area contributed by atoms with E-state index in [4.69, 9.17) is 4.74 Å². The van der Waals surface area contributed by atoms with Gasteiger partial charge >= 0.3 is 0 Å². The van der Waals surface area contributed by atoms with Gasteiger partial charge in [0, 0.05) is 4.47 Å². The molecule has 0 fully saturated rings. The summed E-state index contributed by atoms with van der Waals surface area (Å²) < 4.78 is 6.15. The Morgan fingerprint density at radius 3 is 2.67 bits per heavy atom. The predicted octanol–water partition coefficient (Wildman–Crippen LogP) is 3.92. The number of ether oxygens (including phenoxy) is 1. The molecule has 0 saturated heterocycles. The van der Waals surface area contributed by atoms with Crippen molar-refractivity contribution in [2.45, 2.75) is 0 Å². The van der Waals surface area contributed by atoms with Gasteiger partial charge in [0.15, 0.2) is 0 Å². The predicted molar refractivity (Wildman–Crippen MR) is 65.0 cm³/mol. The average Bonchev–Trinajstić information content (AvgIpc) is 2.30. The van der Waals surface area contributed by atoms with Crippen LogP contribution in [0.4, 0.5) is 0 Å². The van der Waals surface area contributed by atoms with Crippen molar-refractivity contribution in [3.8, 4) is 16.9 Å². The van der Waals surface area contributed by atoms with Gasteiger partial charge in [0.2, 0.25) is 0 Å². The molecule has 0 aliphatic carbocycles. The Bertz CT molecular complexity index is 448. The number of hydrogen-bond donors (Lipinski definition) is 0. The molecule has 0 amide bonds. The Kier molecular flexibility index (Phi) is 3.07. The van der Waals surface area contributed by atoms with Gasteiger partial charge in [-0.25, -0.2) is 0 Å². The summed E-state index contributed by atoms with van der Waals surface area (Å²) in [7, 11) is 1.67. The van der Waals surface area contributed by atoms with Gasteiger partial charge in [-0.3, -0.25) is 0 Å². The van der Waals surface area contributed by atoms with E-state index < -0.39 is 0 Å². The highest BCUT2D eigenvalue weighted by atomic mass is 79.9. The lowest BCUT2D eigenvalue weighted by Crippen LogP contribution is -1.83. The van der Waals surface area contributed by atoms with Crippen LogP contribution >= 0.6 is 15.9 Å². The number of benzene rings is 2. The molecule has 0 heterocycles. The van der Waals surface area contributed by atoms with Crippen molar-refractivity contribution >= 4 is 15.9 Å².